The Labute approximate surface area is 80.9 Å². The third kappa shape index (κ3) is 4.07. The Balaban J connectivity index is 1.98. The van der Waals surface area contributed by atoms with Crippen LogP contribution in [-0.2, 0) is 0 Å². The zero-order chi connectivity index (χ0) is 9.57. The normalized spacial score (nSPS) is 28.2. The van der Waals surface area contributed by atoms with Gasteiger partial charge < -0.3 is 15.7 Å². The molecule has 0 aromatic rings. The SMILES string of the molecule is CC1(NCCCCCO)CCNC1. The van der Waals surface area contributed by atoms with E-state index in [0.717, 1.165) is 32.5 Å². The summed E-state index contributed by atoms with van der Waals surface area (Å²) in [5.41, 5.74) is 0.319. The summed E-state index contributed by atoms with van der Waals surface area (Å²) in [6.45, 7) is 5.92. The number of nitrogens with one attached hydrogen (secondary N) is 2. The molecule has 1 aliphatic heterocycles. The average molecular weight is 186 g/mol. The van der Waals surface area contributed by atoms with Crippen LogP contribution in [0.1, 0.15) is 32.6 Å². The van der Waals surface area contributed by atoms with Crippen molar-refractivity contribution in [3.63, 3.8) is 0 Å². The summed E-state index contributed by atoms with van der Waals surface area (Å²) < 4.78 is 0. The van der Waals surface area contributed by atoms with Crippen LogP contribution in [0.3, 0.4) is 0 Å². The Morgan fingerprint density at radius 3 is 2.85 bits per heavy atom. The van der Waals surface area contributed by atoms with Crippen LogP contribution in [0.25, 0.3) is 0 Å². The molecular formula is C10H22N2O. The summed E-state index contributed by atoms with van der Waals surface area (Å²) in [6, 6.07) is 0. The van der Waals surface area contributed by atoms with E-state index in [0.29, 0.717) is 12.1 Å². The molecule has 0 amide bonds. The van der Waals surface area contributed by atoms with Gasteiger partial charge in [-0.1, -0.05) is 0 Å². The molecule has 0 radical (unpaired) electrons. The Hall–Kier alpha value is -0.120. The molecule has 0 aliphatic carbocycles. The van der Waals surface area contributed by atoms with Crippen LogP contribution >= 0.6 is 0 Å². The molecule has 1 heterocycles. The van der Waals surface area contributed by atoms with Crippen molar-refractivity contribution in [2.45, 2.75) is 38.1 Å². The molecule has 78 valence electrons. The van der Waals surface area contributed by atoms with Crippen LogP contribution in [0.5, 0.6) is 0 Å². The summed E-state index contributed by atoms with van der Waals surface area (Å²) in [4.78, 5) is 0. The van der Waals surface area contributed by atoms with E-state index in [2.05, 4.69) is 17.6 Å². The first kappa shape index (κ1) is 11.0. The van der Waals surface area contributed by atoms with Crippen LogP contribution < -0.4 is 10.6 Å². The maximum atomic E-state index is 8.60. The maximum Gasteiger partial charge on any atom is 0.0431 e. The van der Waals surface area contributed by atoms with Gasteiger partial charge in [0.15, 0.2) is 0 Å². The Bertz CT molecular complexity index is 133. The average Bonchev–Trinajstić information content (AvgIpc) is 2.53. The first-order valence-electron chi connectivity index (χ1n) is 5.33. The van der Waals surface area contributed by atoms with E-state index in [-0.39, 0.29) is 0 Å². The van der Waals surface area contributed by atoms with Crippen molar-refractivity contribution in [2.75, 3.05) is 26.2 Å². The van der Waals surface area contributed by atoms with Crippen molar-refractivity contribution in [3.05, 3.63) is 0 Å². The standard InChI is InChI=1S/C10H22N2O/c1-10(5-7-11-9-10)12-6-3-2-4-8-13/h11-13H,2-9H2,1H3. The van der Waals surface area contributed by atoms with Crippen molar-refractivity contribution < 1.29 is 5.11 Å². The van der Waals surface area contributed by atoms with E-state index < -0.39 is 0 Å². The number of hydrogen-bond acceptors (Lipinski definition) is 3. The molecule has 0 spiro atoms. The van der Waals surface area contributed by atoms with Crippen LogP contribution in [-0.4, -0.2) is 36.9 Å². The molecule has 1 saturated heterocycles. The van der Waals surface area contributed by atoms with Gasteiger partial charge in [0.05, 0.1) is 0 Å². The van der Waals surface area contributed by atoms with Crippen LogP contribution in [0.2, 0.25) is 0 Å². The third-order valence-electron chi connectivity index (χ3n) is 2.76. The molecule has 0 saturated carbocycles. The zero-order valence-electron chi connectivity index (χ0n) is 8.60. The van der Waals surface area contributed by atoms with Gasteiger partial charge in [-0.05, 0) is 45.7 Å². The monoisotopic (exact) mass is 186 g/mol. The Morgan fingerprint density at radius 1 is 1.38 bits per heavy atom. The molecule has 0 bridgehead atoms. The van der Waals surface area contributed by atoms with Crippen LogP contribution in [0.4, 0.5) is 0 Å². The molecule has 1 fully saturated rings. The third-order valence-corrected chi connectivity index (χ3v) is 2.76. The number of rotatable bonds is 6. The molecule has 13 heavy (non-hydrogen) atoms. The molecule has 0 aromatic carbocycles. The fraction of sp³-hybridized carbons (Fsp3) is 1.00. The van der Waals surface area contributed by atoms with Gasteiger partial charge in [-0.2, -0.15) is 0 Å². The lowest BCUT2D eigenvalue weighted by molar-refractivity contribution is 0.281. The predicted octanol–water partition coefficient (Wildman–Crippen LogP) is 0.491. The van der Waals surface area contributed by atoms with Crippen LogP contribution in [0, 0.1) is 0 Å². The topological polar surface area (TPSA) is 44.3 Å². The molecule has 0 aromatic heterocycles. The van der Waals surface area contributed by atoms with Crippen molar-refractivity contribution in [2.24, 2.45) is 0 Å². The van der Waals surface area contributed by atoms with E-state index in [4.69, 9.17) is 5.11 Å². The highest BCUT2D eigenvalue weighted by Gasteiger charge is 2.26. The van der Waals surface area contributed by atoms with Crippen molar-refractivity contribution in [3.8, 4) is 0 Å². The number of unbranched alkanes of at least 4 members (excludes halogenated alkanes) is 2. The van der Waals surface area contributed by atoms with Gasteiger partial charge in [0, 0.05) is 18.7 Å². The number of hydrogen-bond donors (Lipinski definition) is 3. The van der Waals surface area contributed by atoms with E-state index in [9.17, 15) is 0 Å². The summed E-state index contributed by atoms with van der Waals surface area (Å²) in [7, 11) is 0. The number of aliphatic hydroxyl groups is 1. The quantitative estimate of drug-likeness (QED) is 0.529. The van der Waals surface area contributed by atoms with Gasteiger partial charge in [-0.25, -0.2) is 0 Å². The van der Waals surface area contributed by atoms with Crippen molar-refractivity contribution >= 4 is 0 Å². The summed E-state index contributed by atoms with van der Waals surface area (Å²) in [5, 5.41) is 15.5. The molecule has 1 unspecified atom stereocenters. The fourth-order valence-electron chi connectivity index (χ4n) is 1.77. The van der Waals surface area contributed by atoms with Gasteiger partial charge in [0.25, 0.3) is 0 Å². The first-order chi connectivity index (χ1) is 6.27. The Morgan fingerprint density at radius 2 is 2.23 bits per heavy atom. The molecule has 3 N–H and O–H groups in total. The van der Waals surface area contributed by atoms with Gasteiger partial charge in [0.1, 0.15) is 0 Å². The van der Waals surface area contributed by atoms with Crippen molar-refractivity contribution in [1.82, 2.24) is 10.6 Å². The predicted molar refractivity (Wildman–Crippen MR) is 54.8 cm³/mol. The summed E-state index contributed by atoms with van der Waals surface area (Å²) in [5.74, 6) is 0. The van der Waals surface area contributed by atoms with E-state index in [1.807, 2.05) is 0 Å². The fourth-order valence-corrected chi connectivity index (χ4v) is 1.77. The second-order valence-electron chi connectivity index (χ2n) is 4.20. The Kier molecular flexibility index (Phi) is 4.70. The lowest BCUT2D eigenvalue weighted by atomic mass is 10.0. The lowest BCUT2D eigenvalue weighted by Crippen LogP contribution is -2.44. The summed E-state index contributed by atoms with van der Waals surface area (Å²) in [6.07, 6.45) is 4.48. The van der Waals surface area contributed by atoms with Crippen molar-refractivity contribution in [1.29, 1.82) is 0 Å². The lowest BCUT2D eigenvalue weighted by Gasteiger charge is -2.24. The second-order valence-corrected chi connectivity index (χ2v) is 4.20. The first-order valence-corrected chi connectivity index (χ1v) is 5.33. The van der Waals surface area contributed by atoms with Gasteiger partial charge in [-0.3, -0.25) is 0 Å². The largest absolute Gasteiger partial charge is 0.396 e. The van der Waals surface area contributed by atoms with Gasteiger partial charge in [-0.15, -0.1) is 0 Å². The smallest absolute Gasteiger partial charge is 0.0431 e. The summed E-state index contributed by atoms with van der Waals surface area (Å²) >= 11 is 0. The minimum absolute atomic E-state index is 0.319. The van der Waals surface area contributed by atoms with E-state index in [1.165, 1.54) is 12.8 Å². The molecule has 1 atom stereocenters. The molecule has 1 rings (SSSR count). The van der Waals surface area contributed by atoms with Gasteiger partial charge in [0.2, 0.25) is 0 Å². The zero-order valence-corrected chi connectivity index (χ0v) is 8.60. The highest BCUT2D eigenvalue weighted by Crippen LogP contribution is 2.12. The minimum atomic E-state index is 0.319. The van der Waals surface area contributed by atoms with E-state index in [1.54, 1.807) is 0 Å². The van der Waals surface area contributed by atoms with E-state index >= 15 is 0 Å². The maximum absolute atomic E-state index is 8.60. The molecule has 1 aliphatic rings. The molecular weight excluding hydrogens is 164 g/mol. The number of aliphatic hydroxyl groups excluding tert-OH is 1. The van der Waals surface area contributed by atoms with Gasteiger partial charge >= 0.3 is 0 Å². The molecule has 3 nitrogen and oxygen atoms in total. The molecule has 3 heteroatoms. The second kappa shape index (κ2) is 5.58. The minimum Gasteiger partial charge on any atom is -0.396 e. The highest BCUT2D eigenvalue weighted by atomic mass is 16.2. The highest BCUT2D eigenvalue weighted by molar-refractivity contribution is 4.91. The van der Waals surface area contributed by atoms with Crippen LogP contribution in [0.15, 0.2) is 0 Å².